The van der Waals surface area contributed by atoms with Crippen LogP contribution in [-0.2, 0) is 11.3 Å². The highest BCUT2D eigenvalue weighted by Crippen LogP contribution is 1.92. The molecule has 2 aromatic rings. The molecule has 4 heteroatoms. The van der Waals surface area contributed by atoms with Crippen LogP contribution in [0.4, 0.5) is 0 Å². The Labute approximate surface area is 111 Å². The summed E-state index contributed by atoms with van der Waals surface area (Å²) in [6.07, 6.45) is 0. The van der Waals surface area contributed by atoms with Crippen molar-refractivity contribution in [2.24, 2.45) is 5.14 Å². The third-order valence-electron chi connectivity index (χ3n) is 1.88. The van der Waals surface area contributed by atoms with Crippen LogP contribution >= 0.6 is 0 Å². The lowest BCUT2D eigenvalue weighted by Gasteiger charge is -1.85. The van der Waals surface area contributed by atoms with Gasteiger partial charge >= 0.3 is 0 Å². The van der Waals surface area contributed by atoms with E-state index in [9.17, 15) is 0 Å². The van der Waals surface area contributed by atoms with E-state index >= 15 is 0 Å². The number of rotatable bonds is 0. The quantitative estimate of drug-likeness (QED) is 0.743. The topological polar surface area (TPSA) is 66.2 Å². The number of hydrogen-bond acceptors (Lipinski definition) is 2. The van der Waals surface area contributed by atoms with Gasteiger partial charge in [0.15, 0.2) is 0 Å². The maximum Gasteiger partial charge on any atom is 0.0152 e. The molecule has 0 aliphatic rings. The van der Waals surface area contributed by atoms with Crippen molar-refractivity contribution in [2.45, 2.75) is 13.8 Å². The number of nitrogens with two attached hydrogens (primary N) is 1. The Kier molecular flexibility index (Phi) is 9.77. The van der Waals surface area contributed by atoms with E-state index in [0.717, 1.165) is 0 Å². The lowest BCUT2D eigenvalue weighted by Crippen LogP contribution is -1.97. The average molecular weight is 264 g/mol. The average Bonchev–Trinajstić information content (AvgIpc) is 2.31. The van der Waals surface area contributed by atoms with E-state index in [1.807, 2.05) is 36.4 Å². The van der Waals surface area contributed by atoms with E-state index in [0.29, 0.717) is 0 Å². The molecule has 3 nitrogen and oxygen atoms in total. The first kappa shape index (κ1) is 16.5. The first-order chi connectivity index (χ1) is 8.52. The zero-order valence-electron chi connectivity index (χ0n) is 10.6. The predicted molar refractivity (Wildman–Crippen MR) is 75.5 cm³/mol. The molecule has 0 amide bonds. The fourth-order valence-electron chi connectivity index (χ4n) is 1.07. The number of hydrogen-bond donors (Lipinski definition) is 1. The van der Waals surface area contributed by atoms with Gasteiger partial charge in [-0.2, -0.15) is 0 Å². The van der Waals surface area contributed by atoms with E-state index in [2.05, 4.69) is 43.3 Å². The molecular formula is C14H18NO2S-. The standard InChI is InChI=1S/2C7H8.H3NO2S/c2*1-7-5-3-2-4-6-7;1-4(2)3/h2*2-6H,1H3;1H2,(H,2,3)/p-1. The van der Waals surface area contributed by atoms with Crippen LogP contribution in [0.15, 0.2) is 60.7 Å². The van der Waals surface area contributed by atoms with E-state index in [1.54, 1.807) is 0 Å². The molecular weight excluding hydrogens is 246 g/mol. The molecule has 0 saturated heterocycles. The van der Waals surface area contributed by atoms with Crippen molar-refractivity contribution in [2.75, 3.05) is 0 Å². The second kappa shape index (κ2) is 10.7. The summed E-state index contributed by atoms with van der Waals surface area (Å²) in [5.41, 5.74) is 2.64. The van der Waals surface area contributed by atoms with Crippen molar-refractivity contribution in [1.29, 1.82) is 0 Å². The fourth-order valence-corrected chi connectivity index (χ4v) is 1.07. The minimum atomic E-state index is -2.36. The summed E-state index contributed by atoms with van der Waals surface area (Å²) >= 11 is -2.36. The Morgan fingerprint density at radius 2 is 1.06 bits per heavy atom. The molecule has 0 aromatic heterocycles. The van der Waals surface area contributed by atoms with Gasteiger partial charge in [-0.05, 0) is 13.8 Å². The van der Waals surface area contributed by atoms with Crippen molar-refractivity contribution < 1.29 is 8.76 Å². The van der Waals surface area contributed by atoms with Crippen molar-refractivity contribution in [3.8, 4) is 0 Å². The predicted octanol–water partition coefficient (Wildman–Crippen LogP) is 2.73. The third kappa shape index (κ3) is 12.6. The molecule has 0 saturated carbocycles. The summed E-state index contributed by atoms with van der Waals surface area (Å²) in [7, 11) is 0. The minimum absolute atomic E-state index is 1.32. The molecule has 2 rings (SSSR count). The summed E-state index contributed by atoms with van der Waals surface area (Å²) in [6, 6.07) is 20.5. The zero-order chi connectivity index (χ0) is 13.8. The summed E-state index contributed by atoms with van der Waals surface area (Å²) < 4.78 is 17.6. The lowest BCUT2D eigenvalue weighted by atomic mass is 10.2. The lowest BCUT2D eigenvalue weighted by molar-refractivity contribution is 0.539. The first-order valence-electron chi connectivity index (χ1n) is 5.39. The smallest absolute Gasteiger partial charge is 0.0152 e. The Morgan fingerprint density at radius 1 is 0.833 bits per heavy atom. The molecule has 0 aliphatic carbocycles. The monoisotopic (exact) mass is 264 g/mol. The van der Waals surface area contributed by atoms with Crippen LogP contribution in [0, 0.1) is 13.8 Å². The van der Waals surface area contributed by atoms with Gasteiger partial charge in [0.2, 0.25) is 0 Å². The first-order valence-corrected chi connectivity index (χ1v) is 6.53. The zero-order valence-corrected chi connectivity index (χ0v) is 11.4. The fraction of sp³-hybridized carbons (Fsp3) is 0.143. The van der Waals surface area contributed by atoms with E-state index < -0.39 is 11.3 Å². The SMILES string of the molecule is Cc1ccccc1.Cc1ccccc1.NS(=O)[O-]. The minimum Gasteiger partial charge on any atom is -0.760 e. The van der Waals surface area contributed by atoms with Crippen LogP contribution in [0.5, 0.6) is 0 Å². The van der Waals surface area contributed by atoms with Gasteiger partial charge in [-0.1, -0.05) is 71.8 Å². The van der Waals surface area contributed by atoms with Crippen LogP contribution in [-0.4, -0.2) is 8.76 Å². The van der Waals surface area contributed by atoms with E-state index in [-0.39, 0.29) is 0 Å². The molecule has 0 radical (unpaired) electrons. The Morgan fingerprint density at radius 3 is 1.17 bits per heavy atom. The van der Waals surface area contributed by atoms with Crippen LogP contribution in [0.25, 0.3) is 0 Å². The van der Waals surface area contributed by atoms with Crippen molar-refractivity contribution in [3.05, 3.63) is 71.8 Å². The molecule has 0 bridgehead atoms. The van der Waals surface area contributed by atoms with E-state index in [1.165, 1.54) is 11.1 Å². The molecule has 0 heterocycles. The Balaban J connectivity index is 0.000000253. The van der Waals surface area contributed by atoms with Crippen LogP contribution in [0.1, 0.15) is 11.1 Å². The molecule has 18 heavy (non-hydrogen) atoms. The molecule has 0 fully saturated rings. The van der Waals surface area contributed by atoms with Crippen LogP contribution in [0.3, 0.4) is 0 Å². The summed E-state index contributed by atoms with van der Waals surface area (Å²) in [4.78, 5) is 0. The van der Waals surface area contributed by atoms with Gasteiger partial charge in [0.25, 0.3) is 0 Å². The maximum absolute atomic E-state index is 8.78. The van der Waals surface area contributed by atoms with Gasteiger partial charge in [-0.3, -0.25) is 9.35 Å². The van der Waals surface area contributed by atoms with Crippen molar-refractivity contribution in [1.82, 2.24) is 0 Å². The molecule has 1 atom stereocenters. The summed E-state index contributed by atoms with van der Waals surface area (Å²) in [5, 5.41) is 4.03. The van der Waals surface area contributed by atoms with Gasteiger partial charge < -0.3 is 4.55 Å². The molecule has 0 aliphatic heterocycles. The van der Waals surface area contributed by atoms with Crippen LogP contribution < -0.4 is 5.14 Å². The normalized spacial score (nSPS) is 10.2. The van der Waals surface area contributed by atoms with Gasteiger partial charge in [0, 0.05) is 11.3 Å². The van der Waals surface area contributed by atoms with E-state index in [4.69, 9.17) is 8.76 Å². The highest BCUT2D eigenvalue weighted by molar-refractivity contribution is 7.76. The second-order valence-corrected chi connectivity index (χ2v) is 4.09. The Hall–Kier alpha value is -1.49. The molecule has 98 valence electrons. The number of aryl methyl sites for hydroxylation is 2. The van der Waals surface area contributed by atoms with Gasteiger partial charge in [-0.25, -0.2) is 0 Å². The Bertz CT molecular complexity index is 391. The van der Waals surface area contributed by atoms with Gasteiger partial charge in [-0.15, -0.1) is 0 Å². The molecule has 2 N–H and O–H groups in total. The van der Waals surface area contributed by atoms with Crippen molar-refractivity contribution in [3.63, 3.8) is 0 Å². The largest absolute Gasteiger partial charge is 0.760 e. The van der Waals surface area contributed by atoms with Gasteiger partial charge in [0.1, 0.15) is 0 Å². The van der Waals surface area contributed by atoms with Crippen molar-refractivity contribution >= 4 is 11.3 Å². The van der Waals surface area contributed by atoms with Gasteiger partial charge in [0.05, 0.1) is 0 Å². The molecule has 2 aromatic carbocycles. The highest BCUT2D eigenvalue weighted by Gasteiger charge is 1.72. The summed E-state index contributed by atoms with van der Waals surface area (Å²) in [5.74, 6) is 0. The number of benzene rings is 2. The third-order valence-corrected chi connectivity index (χ3v) is 1.88. The maximum atomic E-state index is 8.78. The molecule has 1 unspecified atom stereocenters. The summed E-state index contributed by atoms with van der Waals surface area (Å²) in [6.45, 7) is 4.17. The highest BCUT2D eigenvalue weighted by atomic mass is 32.2. The molecule has 0 spiro atoms. The second-order valence-electron chi connectivity index (χ2n) is 3.57. The van der Waals surface area contributed by atoms with Crippen LogP contribution in [0.2, 0.25) is 0 Å².